The highest BCUT2D eigenvalue weighted by atomic mass is 16.5. The van der Waals surface area contributed by atoms with E-state index in [0.717, 1.165) is 11.3 Å². The molecule has 2 aromatic carbocycles. The van der Waals surface area contributed by atoms with Crippen molar-refractivity contribution < 1.29 is 9.84 Å². The van der Waals surface area contributed by atoms with Gasteiger partial charge in [0.1, 0.15) is 5.75 Å². The topological polar surface area (TPSA) is 93.5 Å². The third-order valence-corrected chi connectivity index (χ3v) is 3.00. The molecule has 2 aromatic rings. The van der Waals surface area contributed by atoms with Crippen LogP contribution in [-0.2, 0) is 4.74 Å². The maximum atomic E-state index is 10.00. The standard InChI is InChI=1S/C15H19N3O2/c1-20-7-6-18-11-3-5-14(17)13(9-11)12-4-2-10(16)8-15(12)19/h2-5,8-9,18-19H,6-7,16-17H2,1H3. The number of nitrogens with one attached hydrogen (secondary N) is 1. The van der Waals surface area contributed by atoms with Gasteiger partial charge in [0.15, 0.2) is 0 Å². The molecule has 5 heteroatoms. The van der Waals surface area contributed by atoms with Crippen molar-refractivity contribution in [2.75, 3.05) is 37.0 Å². The zero-order valence-electron chi connectivity index (χ0n) is 11.4. The Bertz CT molecular complexity index is 600. The quantitative estimate of drug-likeness (QED) is 0.495. The summed E-state index contributed by atoms with van der Waals surface area (Å²) in [6.07, 6.45) is 0. The van der Waals surface area contributed by atoms with Gasteiger partial charge in [-0.3, -0.25) is 0 Å². The lowest BCUT2D eigenvalue weighted by Crippen LogP contribution is -2.07. The van der Waals surface area contributed by atoms with Crippen molar-refractivity contribution in [3.8, 4) is 16.9 Å². The second kappa shape index (κ2) is 6.16. The Balaban J connectivity index is 2.32. The first-order valence-electron chi connectivity index (χ1n) is 6.33. The Morgan fingerprint density at radius 2 is 1.90 bits per heavy atom. The van der Waals surface area contributed by atoms with Crippen molar-refractivity contribution in [2.24, 2.45) is 0 Å². The third kappa shape index (κ3) is 3.13. The van der Waals surface area contributed by atoms with Crippen molar-refractivity contribution in [1.82, 2.24) is 0 Å². The second-order valence-corrected chi connectivity index (χ2v) is 4.50. The fraction of sp³-hybridized carbons (Fsp3) is 0.200. The molecule has 0 heterocycles. The molecule has 0 radical (unpaired) electrons. The van der Waals surface area contributed by atoms with Crippen LogP contribution >= 0.6 is 0 Å². The molecule has 0 bridgehead atoms. The van der Waals surface area contributed by atoms with Crippen LogP contribution in [0.2, 0.25) is 0 Å². The van der Waals surface area contributed by atoms with Crippen LogP contribution in [0.1, 0.15) is 0 Å². The summed E-state index contributed by atoms with van der Waals surface area (Å²) < 4.78 is 4.99. The molecule has 2 rings (SSSR count). The molecule has 0 unspecified atom stereocenters. The predicted octanol–water partition coefficient (Wildman–Crippen LogP) is 2.28. The van der Waals surface area contributed by atoms with Crippen LogP contribution in [0, 0.1) is 0 Å². The molecule has 0 aliphatic carbocycles. The van der Waals surface area contributed by atoms with Crippen LogP contribution in [0.3, 0.4) is 0 Å². The number of hydrogen-bond donors (Lipinski definition) is 4. The van der Waals surface area contributed by atoms with Gasteiger partial charge in [0.2, 0.25) is 0 Å². The van der Waals surface area contributed by atoms with E-state index in [-0.39, 0.29) is 5.75 Å². The fourth-order valence-corrected chi connectivity index (χ4v) is 1.97. The minimum atomic E-state index is 0.116. The molecular formula is C15H19N3O2. The van der Waals surface area contributed by atoms with E-state index in [0.29, 0.717) is 30.1 Å². The van der Waals surface area contributed by atoms with Crippen molar-refractivity contribution in [2.45, 2.75) is 0 Å². The molecule has 0 aliphatic heterocycles. The van der Waals surface area contributed by atoms with Crippen molar-refractivity contribution in [3.05, 3.63) is 36.4 Å². The number of hydrogen-bond acceptors (Lipinski definition) is 5. The summed E-state index contributed by atoms with van der Waals surface area (Å²) in [5.41, 5.74) is 15.1. The van der Waals surface area contributed by atoms with Gasteiger partial charge < -0.3 is 26.6 Å². The van der Waals surface area contributed by atoms with Crippen LogP contribution in [0.25, 0.3) is 11.1 Å². The van der Waals surface area contributed by atoms with E-state index >= 15 is 0 Å². The molecule has 5 nitrogen and oxygen atoms in total. The summed E-state index contributed by atoms with van der Waals surface area (Å²) in [6, 6.07) is 10.6. The highest BCUT2D eigenvalue weighted by Crippen LogP contribution is 2.35. The molecule has 6 N–H and O–H groups in total. The van der Waals surface area contributed by atoms with Gasteiger partial charge in [-0.1, -0.05) is 0 Å². The lowest BCUT2D eigenvalue weighted by atomic mass is 10.0. The minimum Gasteiger partial charge on any atom is -0.507 e. The van der Waals surface area contributed by atoms with Gasteiger partial charge in [-0.25, -0.2) is 0 Å². The van der Waals surface area contributed by atoms with Crippen LogP contribution in [-0.4, -0.2) is 25.4 Å². The van der Waals surface area contributed by atoms with E-state index in [1.807, 2.05) is 12.1 Å². The average Bonchev–Trinajstić information content (AvgIpc) is 2.41. The van der Waals surface area contributed by atoms with Crippen molar-refractivity contribution in [1.29, 1.82) is 0 Å². The summed E-state index contributed by atoms with van der Waals surface area (Å²) in [4.78, 5) is 0. The van der Waals surface area contributed by atoms with Gasteiger partial charge in [0, 0.05) is 47.9 Å². The zero-order valence-corrected chi connectivity index (χ0v) is 11.4. The first-order chi connectivity index (χ1) is 9.61. The monoisotopic (exact) mass is 273 g/mol. The molecule has 20 heavy (non-hydrogen) atoms. The van der Waals surface area contributed by atoms with Gasteiger partial charge in [-0.2, -0.15) is 0 Å². The molecule has 0 aliphatic rings. The van der Waals surface area contributed by atoms with E-state index in [4.69, 9.17) is 16.2 Å². The second-order valence-electron chi connectivity index (χ2n) is 4.50. The van der Waals surface area contributed by atoms with E-state index < -0.39 is 0 Å². The lowest BCUT2D eigenvalue weighted by Gasteiger charge is -2.12. The fourth-order valence-electron chi connectivity index (χ4n) is 1.97. The average molecular weight is 273 g/mol. The van der Waals surface area contributed by atoms with Crippen molar-refractivity contribution in [3.63, 3.8) is 0 Å². The Morgan fingerprint density at radius 1 is 1.10 bits per heavy atom. The Hall–Kier alpha value is -2.40. The molecular weight excluding hydrogens is 254 g/mol. The molecule has 0 atom stereocenters. The molecule has 0 amide bonds. The van der Waals surface area contributed by atoms with E-state index in [2.05, 4.69) is 5.32 Å². The maximum absolute atomic E-state index is 10.00. The summed E-state index contributed by atoms with van der Waals surface area (Å²) in [5, 5.41) is 13.2. The molecule has 0 spiro atoms. The Kier molecular flexibility index (Phi) is 4.32. The van der Waals surface area contributed by atoms with Crippen LogP contribution < -0.4 is 16.8 Å². The number of rotatable bonds is 5. The summed E-state index contributed by atoms with van der Waals surface area (Å²) in [6.45, 7) is 1.32. The number of anilines is 3. The smallest absolute Gasteiger partial charge is 0.125 e. The van der Waals surface area contributed by atoms with Crippen molar-refractivity contribution >= 4 is 17.1 Å². The normalized spacial score (nSPS) is 10.4. The third-order valence-electron chi connectivity index (χ3n) is 3.00. The maximum Gasteiger partial charge on any atom is 0.125 e. The van der Waals surface area contributed by atoms with E-state index in [1.165, 1.54) is 6.07 Å². The first kappa shape index (κ1) is 14.0. The SMILES string of the molecule is COCCNc1ccc(N)c(-c2ccc(N)cc2O)c1. The first-order valence-corrected chi connectivity index (χ1v) is 6.33. The highest BCUT2D eigenvalue weighted by molar-refractivity contribution is 5.83. The van der Waals surface area contributed by atoms with Crippen LogP contribution in [0.15, 0.2) is 36.4 Å². The number of phenols is 1. The van der Waals surface area contributed by atoms with E-state index in [9.17, 15) is 5.11 Å². The zero-order chi connectivity index (χ0) is 14.5. The van der Waals surface area contributed by atoms with Gasteiger partial charge in [0.25, 0.3) is 0 Å². The number of aromatic hydroxyl groups is 1. The van der Waals surface area contributed by atoms with E-state index in [1.54, 1.807) is 25.3 Å². The number of nitrogens with two attached hydrogens (primary N) is 2. The minimum absolute atomic E-state index is 0.116. The van der Waals surface area contributed by atoms with Gasteiger partial charge in [-0.15, -0.1) is 0 Å². The Labute approximate surface area is 118 Å². The molecule has 106 valence electrons. The summed E-state index contributed by atoms with van der Waals surface area (Å²) in [5.74, 6) is 0.116. The number of methoxy groups -OCH3 is 1. The molecule has 0 saturated heterocycles. The molecule has 0 saturated carbocycles. The number of benzene rings is 2. The largest absolute Gasteiger partial charge is 0.507 e. The van der Waals surface area contributed by atoms with Crippen LogP contribution in [0.5, 0.6) is 5.75 Å². The summed E-state index contributed by atoms with van der Waals surface area (Å²) >= 11 is 0. The predicted molar refractivity (Wildman–Crippen MR) is 82.7 cm³/mol. The molecule has 0 aromatic heterocycles. The van der Waals surface area contributed by atoms with Gasteiger partial charge in [-0.05, 0) is 30.3 Å². The van der Waals surface area contributed by atoms with Crippen LogP contribution in [0.4, 0.5) is 17.1 Å². The van der Waals surface area contributed by atoms with Gasteiger partial charge in [0.05, 0.1) is 6.61 Å². The molecule has 0 fully saturated rings. The lowest BCUT2D eigenvalue weighted by molar-refractivity contribution is 0.211. The number of ether oxygens (including phenoxy) is 1. The number of nitrogen functional groups attached to an aromatic ring is 2. The number of phenolic OH excluding ortho intramolecular Hbond substituents is 1. The summed E-state index contributed by atoms with van der Waals surface area (Å²) in [7, 11) is 1.66. The Morgan fingerprint density at radius 3 is 2.60 bits per heavy atom. The van der Waals surface area contributed by atoms with Gasteiger partial charge >= 0.3 is 0 Å². The highest BCUT2D eigenvalue weighted by Gasteiger charge is 2.09.